The molecule has 1 aromatic rings. The summed E-state index contributed by atoms with van der Waals surface area (Å²) in [6.45, 7) is 4.20. The summed E-state index contributed by atoms with van der Waals surface area (Å²) in [6.07, 6.45) is 0.825. The molecule has 0 saturated heterocycles. The fourth-order valence-electron chi connectivity index (χ4n) is 1.16. The first-order chi connectivity index (χ1) is 5.61. The molecule has 1 aromatic carbocycles. The molecule has 0 unspecified atom stereocenters. The van der Waals surface area contributed by atoms with Crippen molar-refractivity contribution in [3.63, 3.8) is 0 Å². The van der Waals surface area contributed by atoms with Crippen molar-refractivity contribution >= 4 is 11.6 Å². The molecule has 0 bridgehead atoms. The molecule has 0 aliphatic heterocycles. The normalized spacial score (nSPS) is 10.7. The number of halogens is 1. The average molecular weight is 185 g/mol. The summed E-state index contributed by atoms with van der Waals surface area (Å²) in [5, 5.41) is 10.1. The van der Waals surface area contributed by atoms with Crippen LogP contribution < -0.4 is 0 Å². The van der Waals surface area contributed by atoms with Crippen LogP contribution in [-0.2, 0) is 6.42 Å². The Hall–Kier alpha value is -0.690. The van der Waals surface area contributed by atoms with E-state index < -0.39 is 0 Å². The van der Waals surface area contributed by atoms with E-state index in [1.54, 1.807) is 18.2 Å². The lowest BCUT2D eigenvalue weighted by molar-refractivity contribution is 0.462. The molecule has 0 aliphatic carbocycles. The smallest absolute Gasteiger partial charge is 0.120 e. The van der Waals surface area contributed by atoms with Crippen LogP contribution in [0, 0.1) is 5.92 Å². The van der Waals surface area contributed by atoms with Crippen LogP contribution in [0.3, 0.4) is 0 Å². The summed E-state index contributed by atoms with van der Waals surface area (Å²) in [4.78, 5) is 0. The molecule has 0 saturated carbocycles. The van der Waals surface area contributed by atoms with Crippen molar-refractivity contribution in [2.45, 2.75) is 20.3 Å². The summed E-state index contributed by atoms with van der Waals surface area (Å²) >= 11 is 5.91. The van der Waals surface area contributed by atoms with Crippen molar-refractivity contribution in [3.8, 4) is 5.75 Å². The Kier molecular flexibility index (Phi) is 2.99. The van der Waals surface area contributed by atoms with Gasteiger partial charge in [0, 0.05) is 10.6 Å². The Morgan fingerprint density at radius 1 is 1.42 bits per heavy atom. The van der Waals surface area contributed by atoms with Gasteiger partial charge in [0.15, 0.2) is 0 Å². The fraction of sp³-hybridized carbons (Fsp3) is 0.400. The molecule has 1 nitrogen and oxygen atoms in total. The third-order valence-corrected chi connectivity index (χ3v) is 2.06. The minimum atomic E-state index is 0.302. The molecule has 0 radical (unpaired) electrons. The lowest BCUT2D eigenvalue weighted by Crippen LogP contribution is -1.95. The summed E-state index contributed by atoms with van der Waals surface area (Å²) in [5.41, 5.74) is 0.856. The van der Waals surface area contributed by atoms with Crippen molar-refractivity contribution in [2.75, 3.05) is 0 Å². The third kappa shape index (κ3) is 2.15. The van der Waals surface area contributed by atoms with Crippen LogP contribution in [0.4, 0.5) is 0 Å². The van der Waals surface area contributed by atoms with Gasteiger partial charge in [0.1, 0.15) is 5.75 Å². The third-order valence-electron chi connectivity index (χ3n) is 1.71. The van der Waals surface area contributed by atoms with Crippen LogP contribution in [0.15, 0.2) is 18.2 Å². The summed E-state index contributed by atoms with van der Waals surface area (Å²) < 4.78 is 0. The van der Waals surface area contributed by atoms with Crippen molar-refractivity contribution in [1.82, 2.24) is 0 Å². The van der Waals surface area contributed by atoms with Crippen LogP contribution in [0.5, 0.6) is 5.75 Å². The van der Waals surface area contributed by atoms with Crippen LogP contribution in [0.2, 0.25) is 5.02 Å². The highest BCUT2D eigenvalue weighted by Crippen LogP contribution is 2.27. The van der Waals surface area contributed by atoms with Gasteiger partial charge in [-0.05, 0) is 24.5 Å². The second-order valence-corrected chi connectivity index (χ2v) is 3.74. The first-order valence-electron chi connectivity index (χ1n) is 4.07. The average Bonchev–Trinajstić information content (AvgIpc) is 1.97. The molecule has 0 aromatic heterocycles. The van der Waals surface area contributed by atoms with Gasteiger partial charge in [0.25, 0.3) is 0 Å². The Bertz CT molecular complexity index is 248. The number of rotatable bonds is 2. The van der Waals surface area contributed by atoms with E-state index in [4.69, 9.17) is 11.6 Å². The Labute approximate surface area is 78.0 Å². The van der Waals surface area contributed by atoms with Crippen LogP contribution in [0.25, 0.3) is 0 Å². The Balaban J connectivity index is 2.96. The van der Waals surface area contributed by atoms with E-state index >= 15 is 0 Å². The van der Waals surface area contributed by atoms with E-state index in [1.165, 1.54) is 0 Å². The van der Waals surface area contributed by atoms with E-state index in [0.717, 1.165) is 12.0 Å². The van der Waals surface area contributed by atoms with Gasteiger partial charge in [0.05, 0.1) is 0 Å². The first kappa shape index (κ1) is 9.40. The quantitative estimate of drug-likeness (QED) is 0.748. The summed E-state index contributed by atoms with van der Waals surface area (Å²) in [5.74, 6) is 0.812. The topological polar surface area (TPSA) is 20.2 Å². The van der Waals surface area contributed by atoms with Crippen LogP contribution >= 0.6 is 11.6 Å². The lowest BCUT2D eigenvalue weighted by Gasteiger charge is -2.08. The lowest BCUT2D eigenvalue weighted by atomic mass is 10.0. The molecule has 1 N–H and O–H groups in total. The molecular weight excluding hydrogens is 172 g/mol. The number of benzene rings is 1. The molecule has 0 fully saturated rings. The number of hydrogen-bond donors (Lipinski definition) is 1. The van der Waals surface area contributed by atoms with Gasteiger partial charge < -0.3 is 5.11 Å². The molecule has 0 atom stereocenters. The first-order valence-corrected chi connectivity index (χ1v) is 4.45. The van der Waals surface area contributed by atoms with Crippen molar-refractivity contribution in [2.24, 2.45) is 5.92 Å². The molecule has 0 spiro atoms. The molecular formula is C10H13ClO. The predicted molar refractivity (Wildman–Crippen MR) is 51.7 cm³/mol. The van der Waals surface area contributed by atoms with Crippen molar-refractivity contribution in [3.05, 3.63) is 28.8 Å². The maximum absolute atomic E-state index is 9.46. The maximum Gasteiger partial charge on any atom is 0.120 e. The predicted octanol–water partition coefficient (Wildman–Crippen LogP) is 3.24. The zero-order valence-electron chi connectivity index (χ0n) is 7.34. The van der Waals surface area contributed by atoms with E-state index in [-0.39, 0.29) is 0 Å². The zero-order valence-corrected chi connectivity index (χ0v) is 8.10. The number of hydrogen-bond acceptors (Lipinski definition) is 1. The molecule has 12 heavy (non-hydrogen) atoms. The summed E-state index contributed by atoms with van der Waals surface area (Å²) in [6, 6.07) is 5.23. The van der Waals surface area contributed by atoms with Gasteiger partial charge in [-0.25, -0.2) is 0 Å². The van der Waals surface area contributed by atoms with Crippen LogP contribution in [0.1, 0.15) is 19.4 Å². The van der Waals surface area contributed by atoms with E-state index in [9.17, 15) is 5.11 Å². The molecule has 2 heteroatoms. The van der Waals surface area contributed by atoms with Gasteiger partial charge in [-0.2, -0.15) is 0 Å². The zero-order chi connectivity index (χ0) is 9.14. The summed E-state index contributed by atoms with van der Waals surface area (Å²) in [7, 11) is 0. The Morgan fingerprint density at radius 2 is 2.08 bits per heavy atom. The highest BCUT2D eigenvalue weighted by molar-refractivity contribution is 6.31. The second kappa shape index (κ2) is 3.81. The molecule has 66 valence electrons. The van der Waals surface area contributed by atoms with Gasteiger partial charge >= 0.3 is 0 Å². The molecule has 0 amide bonds. The monoisotopic (exact) mass is 184 g/mol. The standard InChI is InChI=1S/C10H13ClO/c1-7(2)6-8-9(11)4-3-5-10(8)12/h3-5,7,12H,6H2,1-2H3. The van der Waals surface area contributed by atoms with Crippen molar-refractivity contribution < 1.29 is 5.11 Å². The van der Waals surface area contributed by atoms with E-state index in [0.29, 0.717) is 16.7 Å². The second-order valence-electron chi connectivity index (χ2n) is 3.34. The number of aromatic hydroxyl groups is 1. The van der Waals surface area contributed by atoms with E-state index in [1.807, 2.05) is 0 Å². The molecule has 0 heterocycles. The van der Waals surface area contributed by atoms with E-state index in [2.05, 4.69) is 13.8 Å². The largest absolute Gasteiger partial charge is 0.508 e. The Morgan fingerprint density at radius 3 is 2.58 bits per heavy atom. The van der Waals surface area contributed by atoms with Gasteiger partial charge in [0.2, 0.25) is 0 Å². The molecule has 1 rings (SSSR count). The fourth-order valence-corrected chi connectivity index (χ4v) is 1.40. The van der Waals surface area contributed by atoms with Gasteiger partial charge in [-0.15, -0.1) is 0 Å². The molecule has 0 aliphatic rings. The number of phenolic OH excluding ortho intramolecular Hbond substituents is 1. The highest BCUT2D eigenvalue weighted by atomic mass is 35.5. The van der Waals surface area contributed by atoms with Gasteiger partial charge in [-0.1, -0.05) is 31.5 Å². The SMILES string of the molecule is CC(C)Cc1c(O)cccc1Cl. The maximum atomic E-state index is 9.46. The highest BCUT2D eigenvalue weighted by Gasteiger charge is 2.07. The van der Waals surface area contributed by atoms with Crippen molar-refractivity contribution in [1.29, 1.82) is 0 Å². The number of phenols is 1. The minimum Gasteiger partial charge on any atom is -0.508 e. The van der Waals surface area contributed by atoms with Gasteiger partial charge in [-0.3, -0.25) is 0 Å². The van der Waals surface area contributed by atoms with Crippen LogP contribution in [-0.4, -0.2) is 5.11 Å². The minimum absolute atomic E-state index is 0.302.